The van der Waals surface area contributed by atoms with E-state index in [2.05, 4.69) is 31.1 Å². The van der Waals surface area contributed by atoms with Crippen LogP contribution in [-0.4, -0.2) is 21.0 Å². The van der Waals surface area contributed by atoms with E-state index in [1.54, 1.807) is 12.3 Å². The van der Waals surface area contributed by atoms with Crippen LogP contribution in [0.5, 0.6) is 0 Å². The third-order valence-corrected chi connectivity index (χ3v) is 6.79. The molecule has 1 saturated heterocycles. The second-order valence-electron chi connectivity index (χ2n) is 7.80. The molecule has 7 heteroatoms. The number of nitrogens with zero attached hydrogens (tertiary/aromatic N) is 2. The standard InChI is InChI=1S/C23H21BrFN3OS/c24-14-8-9-16(17(25)13-14)19-10-11-20(29-19)22-21(18-7-3-4-12-26-18)27-23(30)28(22)15-5-1-2-6-15/h3-4,7-13,15,21-22H,1-2,5-6H2,(H,27,30)/t21-,22-/m0/s1. The lowest BCUT2D eigenvalue weighted by molar-refractivity contribution is 0.218. The van der Waals surface area contributed by atoms with Gasteiger partial charge >= 0.3 is 0 Å². The number of furan rings is 1. The Labute approximate surface area is 188 Å². The molecule has 2 aliphatic rings. The molecule has 2 atom stereocenters. The summed E-state index contributed by atoms with van der Waals surface area (Å²) in [7, 11) is 0. The van der Waals surface area contributed by atoms with E-state index in [1.165, 1.54) is 18.9 Å². The van der Waals surface area contributed by atoms with Crippen LogP contribution in [0.2, 0.25) is 0 Å². The minimum absolute atomic E-state index is 0.118. The molecule has 0 radical (unpaired) electrons. The highest BCUT2D eigenvalue weighted by Crippen LogP contribution is 2.44. The smallest absolute Gasteiger partial charge is 0.170 e. The quantitative estimate of drug-likeness (QED) is 0.448. The Morgan fingerprint density at radius 2 is 1.97 bits per heavy atom. The van der Waals surface area contributed by atoms with E-state index < -0.39 is 0 Å². The van der Waals surface area contributed by atoms with Crippen molar-refractivity contribution < 1.29 is 8.81 Å². The topological polar surface area (TPSA) is 41.3 Å². The minimum Gasteiger partial charge on any atom is -0.459 e. The number of hydrogen-bond acceptors (Lipinski definition) is 3. The third-order valence-electron chi connectivity index (χ3n) is 5.97. The van der Waals surface area contributed by atoms with Crippen molar-refractivity contribution in [1.29, 1.82) is 0 Å². The largest absolute Gasteiger partial charge is 0.459 e. The van der Waals surface area contributed by atoms with E-state index in [4.69, 9.17) is 16.6 Å². The number of halogens is 2. The third kappa shape index (κ3) is 3.54. The summed E-state index contributed by atoms with van der Waals surface area (Å²) in [5, 5.41) is 4.20. The number of nitrogens with one attached hydrogen (secondary N) is 1. The van der Waals surface area contributed by atoms with Crippen molar-refractivity contribution >= 4 is 33.3 Å². The Hall–Kier alpha value is -2.25. The van der Waals surface area contributed by atoms with Crippen molar-refractivity contribution in [3.05, 3.63) is 76.5 Å². The Bertz CT molecular complexity index is 1070. The van der Waals surface area contributed by atoms with E-state index in [9.17, 15) is 4.39 Å². The van der Waals surface area contributed by atoms with Crippen LogP contribution in [0.3, 0.4) is 0 Å². The van der Waals surface area contributed by atoms with Crippen LogP contribution in [0, 0.1) is 5.82 Å². The molecule has 5 rings (SSSR count). The second kappa shape index (κ2) is 8.12. The van der Waals surface area contributed by atoms with E-state index in [-0.39, 0.29) is 17.9 Å². The van der Waals surface area contributed by atoms with Crippen LogP contribution < -0.4 is 5.32 Å². The van der Waals surface area contributed by atoms with Gasteiger partial charge in [-0.1, -0.05) is 34.8 Å². The van der Waals surface area contributed by atoms with Crippen molar-refractivity contribution in [1.82, 2.24) is 15.2 Å². The molecule has 3 heterocycles. The highest BCUT2D eigenvalue weighted by molar-refractivity contribution is 9.10. The van der Waals surface area contributed by atoms with Crippen LogP contribution >= 0.6 is 28.1 Å². The molecule has 1 N–H and O–H groups in total. The fraction of sp³-hybridized carbons (Fsp3) is 0.304. The average molecular weight is 486 g/mol. The van der Waals surface area contributed by atoms with Crippen LogP contribution in [0.1, 0.15) is 49.2 Å². The maximum Gasteiger partial charge on any atom is 0.170 e. The van der Waals surface area contributed by atoms with Gasteiger partial charge in [0.25, 0.3) is 0 Å². The summed E-state index contributed by atoms with van der Waals surface area (Å²) in [5.41, 5.74) is 1.36. The highest BCUT2D eigenvalue weighted by Gasteiger charge is 2.45. The van der Waals surface area contributed by atoms with Gasteiger partial charge in [-0.3, -0.25) is 4.98 Å². The summed E-state index contributed by atoms with van der Waals surface area (Å²) in [5.74, 6) is 0.959. The molecule has 1 aromatic carbocycles. The Kier molecular flexibility index (Phi) is 5.33. The van der Waals surface area contributed by atoms with Crippen LogP contribution in [-0.2, 0) is 0 Å². The lowest BCUT2D eigenvalue weighted by Gasteiger charge is -2.31. The van der Waals surface area contributed by atoms with Gasteiger partial charge in [-0.25, -0.2) is 4.39 Å². The summed E-state index contributed by atoms with van der Waals surface area (Å²) < 4.78 is 21.4. The first-order valence-electron chi connectivity index (χ1n) is 10.2. The molecule has 0 bridgehead atoms. The fourth-order valence-corrected chi connectivity index (χ4v) is 5.31. The van der Waals surface area contributed by atoms with Crippen LogP contribution in [0.15, 0.2) is 63.6 Å². The molecule has 30 heavy (non-hydrogen) atoms. The molecule has 0 amide bonds. The molecular formula is C23H21BrFN3OS. The van der Waals surface area contributed by atoms with E-state index in [0.717, 1.165) is 29.4 Å². The molecule has 0 unspecified atom stereocenters. The molecule has 2 aromatic heterocycles. The molecule has 154 valence electrons. The molecule has 4 nitrogen and oxygen atoms in total. The first-order chi connectivity index (χ1) is 14.6. The molecule has 0 spiro atoms. The monoisotopic (exact) mass is 485 g/mol. The second-order valence-corrected chi connectivity index (χ2v) is 9.10. The van der Waals surface area contributed by atoms with E-state index in [0.29, 0.717) is 21.8 Å². The molecule has 3 aromatic rings. The predicted octanol–water partition coefficient (Wildman–Crippen LogP) is 6.16. The van der Waals surface area contributed by atoms with Gasteiger partial charge in [0.05, 0.1) is 17.3 Å². The molecule has 1 saturated carbocycles. The van der Waals surface area contributed by atoms with Crippen molar-refractivity contribution in [2.45, 2.75) is 43.8 Å². The Morgan fingerprint density at radius 1 is 1.13 bits per heavy atom. The van der Waals surface area contributed by atoms with Gasteiger partial charge in [0, 0.05) is 16.7 Å². The van der Waals surface area contributed by atoms with Gasteiger partial charge < -0.3 is 14.6 Å². The maximum absolute atomic E-state index is 14.5. The zero-order chi connectivity index (χ0) is 20.7. The maximum atomic E-state index is 14.5. The van der Waals surface area contributed by atoms with Crippen LogP contribution in [0.4, 0.5) is 4.39 Å². The van der Waals surface area contributed by atoms with Gasteiger partial charge in [-0.05, 0) is 67.5 Å². The number of rotatable bonds is 4. The molecule has 1 aliphatic heterocycles. The van der Waals surface area contributed by atoms with E-state index >= 15 is 0 Å². The van der Waals surface area contributed by atoms with Gasteiger partial charge in [0.1, 0.15) is 23.4 Å². The SMILES string of the molecule is Fc1cc(Br)ccc1-c1ccc([C@H]2[C@H](c3ccccn3)NC(=S)N2C2CCCC2)o1. The van der Waals surface area contributed by atoms with Gasteiger partial charge in [-0.2, -0.15) is 0 Å². The summed E-state index contributed by atoms with van der Waals surface area (Å²) >= 11 is 9.05. The van der Waals surface area contributed by atoms with E-state index in [1.807, 2.05) is 36.4 Å². The zero-order valence-corrected chi connectivity index (χ0v) is 18.6. The Balaban J connectivity index is 1.55. The minimum atomic E-state index is -0.320. The lowest BCUT2D eigenvalue weighted by atomic mass is 10.0. The van der Waals surface area contributed by atoms with Crippen molar-refractivity contribution in [3.63, 3.8) is 0 Å². The van der Waals surface area contributed by atoms with Gasteiger partial charge in [-0.15, -0.1) is 0 Å². The predicted molar refractivity (Wildman–Crippen MR) is 121 cm³/mol. The van der Waals surface area contributed by atoms with Crippen molar-refractivity contribution in [3.8, 4) is 11.3 Å². The normalized spacial score (nSPS) is 21.9. The highest BCUT2D eigenvalue weighted by atomic mass is 79.9. The van der Waals surface area contributed by atoms with Crippen molar-refractivity contribution in [2.24, 2.45) is 0 Å². The Morgan fingerprint density at radius 3 is 2.70 bits per heavy atom. The number of pyridine rings is 1. The summed E-state index contributed by atoms with van der Waals surface area (Å²) in [6.45, 7) is 0. The first kappa shape index (κ1) is 19.7. The van der Waals surface area contributed by atoms with Crippen LogP contribution in [0.25, 0.3) is 11.3 Å². The van der Waals surface area contributed by atoms with Crippen molar-refractivity contribution in [2.75, 3.05) is 0 Å². The number of hydrogen-bond donors (Lipinski definition) is 1. The fourth-order valence-electron chi connectivity index (χ4n) is 4.59. The van der Waals surface area contributed by atoms with Gasteiger partial charge in [0.15, 0.2) is 5.11 Å². The molecular weight excluding hydrogens is 465 g/mol. The first-order valence-corrected chi connectivity index (χ1v) is 11.4. The molecule has 1 aliphatic carbocycles. The van der Waals surface area contributed by atoms with Gasteiger partial charge in [0.2, 0.25) is 0 Å². The average Bonchev–Trinajstić information content (AvgIpc) is 3.48. The number of aromatic nitrogens is 1. The number of thiocarbonyl (C=S) groups is 1. The summed E-state index contributed by atoms with van der Waals surface area (Å²) in [6.07, 6.45) is 6.43. The molecule has 2 fully saturated rings. The lowest BCUT2D eigenvalue weighted by Crippen LogP contribution is -2.37. The zero-order valence-electron chi connectivity index (χ0n) is 16.2. The summed E-state index contributed by atoms with van der Waals surface area (Å²) in [6, 6.07) is 14.8. The summed E-state index contributed by atoms with van der Waals surface area (Å²) in [4.78, 5) is 6.85. The number of benzene rings is 1.